The van der Waals surface area contributed by atoms with Crippen LogP contribution >= 0.6 is 0 Å². The van der Waals surface area contributed by atoms with E-state index in [9.17, 15) is 14.7 Å². The van der Waals surface area contributed by atoms with E-state index < -0.39 is 24.2 Å². The summed E-state index contributed by atoms with van der Waals surface area (Å²) in [5.74, 6) is 1.89. The van der Waals surface area contributed by atoms with Gasteiger partial charge in [-0.3, -0.25) is 19.3 Å². The fraction of sp³-hybridized carbons (Fsp3) is 0.611. The van der Waals surface area contributed by atoms with Crippen molar-refractivity contribution in [3.63, 3.8) is 0 Å². The van der Waals surface area contributed by atoms with Gasteiger partial charge in [0.1, 0.15) is 11.8 Å². The zero-order valence-corrected chi connectivity index (χ0v) is 29.1. The van der Waals surface area contributed by atoms with Gasteiger partial charge in [0, 0.05) is 61.5 Å². The Balaban J connectivity index is 1.32. The lowest BCUT2D eigenvalue weighted by atomic mass is 9.21. The van der Waals surface area contributed by atoms with E-state index in [2.05, 4.69) is 26.1 Å². The first kappa shape index (κ1) is 33.7. The van der Waals surface area contributed by atoms with Crippen LogP contribution in [0, 0.1) is 35.0 Å². The van der Waals surface area contributed by atoms with Crippen LogP contribution in [0.15, 0.2) is 36.4 Å². The van der Waals surface area contributed by atoms with E-state index in [4.69, 9.17) is 20.1 Å². The second kappa shape index (κ2) is 12.0. The summed E-state index contributed by atoms with van der Waals surface area (Å²) in [6, 6.07) is 10.7. The third-order valence-electron chi connectivity index (χ3n) is 12.1. The molecule has 11 nitrogen and oxygen atoms in total. The van der Waals surface area contributed by atoms with Gasteiger partial charge in [0.15, 0.2) is 0 Å². The molecule has 3 aliphatic carbocycles. The molecule has 47 heavy (non-hydrogen) atoms. The number of aliphatic hydroxyl groups is 1. The number of carbonyl (C=O) groups excluding carboxylic acids is 2. The smallest absolute Gasteiger partial charge is 0.277 e. The number of nitrogens with two attached hydrogens (primary N) is 1. The van der Waals surface area contributed by atoms with Crippen LogP contribution in [0.1, 0.15) is 50.0 Å². The minimum Gasteiger partial charge on any atom is -0.496 e. The summed E-state index contributed by atoms with van der Waals surface area (Å²) in [4.78, 5) is 40.9. The number of hydroxylamine groups is 4. The number of benzene rings is 2. The molecule has 0 aromatic heterocycles. The quantitative estimate of drug-likeness (QED) is 0.314. The number of hydrogen-bond acceptors (Lipinski definition) is 9. The predicted octanol–water partition coefficient (Wildman–Crippen LogP) is 3.30. The van der Waals surface area contributed by atoms with Crippen LogP contribution in [0.5, 0.6) is 5.75 Å². The fourth-order valence-corrected chi connectivity index (χ4v) is 9.59. The fourth-order valence-electron chi connectivity index (χ4n) is 9.59. The number of nitrogens with one attached hydrogen (secondary N) is 1. The standard InChI is InChI=1S/C36H51N5O6/c1-19-29-30-26(35(29,3)4)16-36(19,30)38-33(43)31-28(20(2)42)27(17-37)47-41(31)18-21-11-10-12-25(32(21)45-8)22-13-23(34(44)40(7)46-9)15-24(14-22)39(5)6/h10-15,19-20,26-31,42H,16-18,37H2,1-9H3,(H,38,43)/t19-,20-,26-,27-,28+,29+,30?,31-,36+/m0/s1. The van der Waals surface area contributed by atoms with Crippen molar-refractivity contribution >= 4 is 17.5 Å². The molecule has 4 N–H and O–H groups in total. The van der Waals surface area contributed by atoms with Crippen LogP contribution in [0.25, 0.3) is 11.1 Å². The molecule has 1 aliphatic heterocycles. The number of aliphatic hydroxyl groups excluding tert-OH is 1. The monoisotopic (exact) mass is 649 g/mol. The van der Waals surface area contributed by atoms with Gasteiger partial charge in [-0.15, -0.1) is 0 Å². The number of rotatable bonds is 11. The first-order chi connectivity index (χ1) is 22.2. The maximum absolute atomic E-state index is 14.3. The number of carbonyl (C=O) groups is 2. The summed E-state index contributed by atoms with van der Waals surface area (Å²) in [6.45, 7) is 9.08. The number of anilines is 1. The molecule has 1 heterocycles. The van der Waals surface area contributed by atoms with Crippen LogP contribution in [-0.2, 0) is 21.0 Å². The zero-order chi connectivity index (χ0) is 34.2. The van der Waals surface area contributed by atoms with E-state index in [1.165, 1.54) is 12.2 Å². The van der Waals surface area contributed by atoms with Gasteiger partial charge in [-0.25, -0.2) is 5.06 Å². The minimum atomic E-state index is -0.812. The zero-order valence-electron chi connectivity index (χ0n) is 29.1. The number of para-hydroxylation sites is 1. The Morgan fingerprint density at radius 2 is 1.89 bits per heavy atom. The van der Waals surface area contributed by atoms with Crippen molar-refractivity contribution in [1.82, 2.24) is 15.4 Å². The van der Waals surface area contributed by atoms with Crippen LogP contribution in [0.4, 0.5) is 5.69 Å². The maximum atomic E-state index is 14.3. The van der Waals surface area contributed by atoms with Crippen molar-refractivity contribution in [3.8, 4) is 16.9 Å². The molecule has 4 aliphatic rings. The van der Waals surface area contributed by atoms with Gasteiger partial charge in [-0.05, 0) is 66.2 Å². The van der Waals surface area contributed by atoms with E-state index >= 15 is 0 Å². The molecule has 0 bridgehead atoms. The Morgan fingerprint density at radius 1 is 1.17 bits per heavy atom. The Kier molecular flexibility index (Phi) is 8.62. The lowest BCUT2D eigenvalue weighted by Gasteiger charge is -2.86. The average Bonchev–Trinajstić information content (AvgIpc) is 3.42. The molecule has 256 valence electrons. The number of amides is 2. The maximum Gasteiger partial charge on any atom is 0.277 e. The first-order valence-corrected chi connectivity index (χ1v) is 16.7. The van der Waals surface area contributed by atoms with Crippen molar-refractivity contribution in [1.29, 1.82) is 0 Å². The molecule has 3 saturated carbocycles. The second-order valence-electron chi connectivity index (χ2n) is 14.9. The van der Waals surface area contributed by atoms with Crippen LogP contribution < -0.4 is 20.7 Å². The molecule has 4 fully saturated rings. The Labute approximate surface area is 278 Å². The Hall–Kier alpha value is -3.22. The molecule has 2 amide bonds. The molecular formula is C36H51N5O6. The highest BCUT2D eigenvalue weighted by Gasteiger charge is 2.83. The normalized spacial score (nSPS) is 32.3. The lowest BCUT2D eigenvalue weighted by molar-refractivity contribution is -0.349. The Morgan fingerprint density at radius 3 is 2.47 bits per heavy atom. The predicted molar refractivity (Wildman–Crippen MR) is 179 cm³/mol. The van der Waals surface area contributed by atoms with E-state index in [0.29, 0.717) is 40.4 Å². The van der Waals surface area contributed by atoms with Crippen LogP contribution in [0.3, 0.4) is 0 Å². The lowest BCUT2D eigenvalue weighted by Crippen LogP contribution is -2.90. The highest BCUT2D eigenvalue weighted by molar-refractivity contribution is 5.96. The average molecular weight is 650 g/mol. The van der Waals surface area contributed by atoms with E-state index in [-0.39, 0.29) is 30.4 Å². The van der Waals surface area contributed by atoms with Gasteiger partial charge < -0.3 is 25.8 Å². The highest BCUT2D eigenvalue weighted by Crippen LogP contribution is 2.81. The Bertz CT molecular complexity index is 1540. The number of methoxy groups -OCH3 is 1. The second-order valence-corrected chi connectivity index (χ2v) is 14.9. The van der Waals surface area contributed by atoms with Crippen LogP contribution in [0.2, 0.25) is 0 Å². The van der Waals surface area contributed by atoms with E-state index in [1.54, 1.807) is 26.1 Å². The van der Waals surface area contributed by atoms with Gasteiger partial charge in [-0.1, -0.05) is 39.0 Å². The van der Waals surface area contributed by atoms with Crippen molar-refractivity contribution < 1.29 is 29.1 Å². The summed E-state index contributed by atoms with van der Waals surface area (Å²) in [5, 5.41) is 17.3. The molecule has 1 saturated heterocycles. The van der Waals surface area contributed by atoms with Crippen molar-refractivity contribution in [2.45, 2.75) is 64.4 Å². The summed E-state index contributed by atoms with van der Waals surface area (Å²) in [5.41, 5.74) is 9.97. The van der Waals surface area contributed by atoms with E-state index in [1.807, 2.05) is 55.4 Å². The highest BCUT2D eigenvalue weighted by atomic mass is 16.7. The van der Waals surface area contributed by atoms with Gasteiger partial charge >= 0.3 is 0 Å². The first-order valence-electron chi connectivity index (χ1n) is 16.7. The third kappa shape index (κ3) is 5.04. The van der Waals surface area contributed by atoms with Crippen molar-refractivity contribution in [3.05, 3.63) is 47.5 Å². The topological polar surface area (TPSA) is 130 Å². The van der Waals surface area contributed by atoms with Gasteiger partial charge in [0.25, 0.3) is 5.91 Å². The minimum absolute atomic E-state index is 0.125. The number of nitrogens with zero attached hydrogens (tertiary/aromatic N) is 3. The molecule has 2 aromatic rings. The largest absolute Gasteiger partial charge is 0.496 e. The van der Waals surface area contributed by atoms with Crippen molar-refractivity contribution in [2.24, 2.45) is 40.7 Å². The van der Waals surface area contributed by atoms with Gasteiger partial charge in [0.05, 0.1) is 33.0 Å². The summed E-state index contributed by atoms with van der Waals surface area (Å²) in [6.07, 6.45) is -0.342. The molecule has 0 spiro atoms. The number of ether oxygens (including phenoxy) is 1. The SMILES string of the molecule is COc1c(CN2O[C@@H](CN)[C@@H]([C@H](C)O)[C@H]2C(=O)N[C@@]23C[C@H]4C2[C@@H]([C@@H]3C)C4(C)C)cccc1-c1cc(C(=O)N(C)OC)cc(N(C)C)c1. The van der Waals surface area contributed by atoms with Gasteiger partial charge in [0.2, 0.25) is 5.91 Å². The molecule has 2 aromatic carbocycles. The van der Waals surface area contributed by atoms with Gasteiger partial charge in [-0.2, -0.15) is 5.06 Å². The molecule has 6 rings (SSSR count). The molecule has 11 heteroatoms. The summed E-state index contributed by atoms with van der Waals surface area (Å²) >= 11 is 0. The van der Waals surface area contributed by atoms with Crippen LogP contribution in [-0.4, -0.2) is 92.7 Å². The van der Waals surface area contributed by atoms with E-state index in [0.717, 1.165) is 28.8 Å². The molecule has 9 atom stereocenters. The summed E-state index contributed by atoms with van der Waals surface area (Å²) < 4.78 is 6.02. The summed E-state index contributed by atoms with van der Waals surface area (Å²) in [7, 11) is 8.47. The van der Waals surface area contributed by atoms with Crippen molar-refractivity contribution in [2.75, 3.05) is 46.8 Å². The molecule has 0 radical (unpaired) electrons. The molecular weight excluding hydrogens is 598 g/mol. The number of hydrogen-bond donors (Lipinski definition) is 3. The third-order valence-corrected chi connectivity index (χ3v) is 12.1. The molecule has 1 unspecified atom stereocenters.